The van der Waals surface area contributed by atoms with Gasteiger partial charge in [0.2, 0.25) is 5.88 Å². The number of rotatable bonds is 12. The molecule has 45 heavy (non-hydrogen) atoms. The molecule has 2 aliphatic rings. The molecule has 4 heterocycles. The molecule has 0 amide bonds. The molecule has 0 unspecified atom stereocenters. The fourth-order valence-electron chi connectivity index (χ4n) is 5.70. The lowest BCUT2D eigenvalue weighted by molar-refractivity contribution is -0.136. The first-order valence-corrected chi connectivity index (χ1v) is 14.9. The van der Waals surface area contributed by atoms with Crippen LogP contribution >= 0.6 is 0 Å². The van der Waals surface area contributed by atoms with Crippen LogP contribution in [0, 0.1) is 33.9 Å². The van der Waals surface area contributed by atoms with Gasteiger partial charge >= 0.3 is 5.97 Å². The van der Waals surface area contributed by atoms with Crippen LogP contribution in [0.5, 0.6) is 11.6 Å². The summed E-state index contributed by atoms with van der Waals surface area (Å²) in [6.07, 6.45) is 3.82. The Balaban J connectivity index is 1.08. The summed E-state index contributed by atoms with van der Waals surface area (Å²) in [6, 6.07) is 17.2. The van der Waals surface area contributed by atoms with Crippen molar-refractivity contribution in [3.8, 4) is 23.8 Å². The normalized spacial score (nSPS) is 16.2. The summed E-state index contributed by atoms with van der Waals surface area (Å²) in [5, 5.41) is 27.6. The molecule has 1 N–H and O–H groups in total. The van der Waals surface area contributed by atoms with E-state index in [-0.39, 0.29) is 35.9 Å². The van der Waals surface area contributed by atoms with E-state index in [4.69, 9.17) is 19.7 Å². The molecular weight excluding hydrogens is 577 g/mol. The van der Waals surface area contributed by atoms with Gasteiger partial charge in [0.05, 0.1) is 42.1 Å². The highest BCUT2D eigenvalue weighted by molar-refractivity contribution is 5.74. The minimum absolute atomic E-state index is 0.0229. The first kappa shape index (κ1) is 30.0. The number of carbonyl (C=O) groups is 1. The van der Waals surface area contributed by atoms with E-state index in [1.165, 1.54) is 12.1 Å². The zero-order chi connectivity index (χ0) is 31.4. The average molecular weight is 610 g/mol. The summed E-state index contributed by atoms with van der Waals surface area (Å²) in [4.78, 5) is 27.7. The first-order valence-electron chi connectivity index (χ1n) is 14.9. The maximum Gasteiger partial charge on any atom is 0.309 e. The van der Waals surface area contributed by atoms with Crippen LogP contribution in [0.25, 0.3) is 11.2 Å². The van der Waals surface area contributed by atoms with Gasteiger partial charge in [-0.3, -0.25) is 9.69 Å². The number of aromatic nitrogens is 4. The van der Waals surface area contributed by atoms with Gasteiger partial charge in [-0.15, -0.1) is 0 Å². The Kier molecular flexibility index (Phi) is 8.58. The number of carboxylic acids is 1. The minimum Gasteiger partial charge on any atom is -0.484 e. The van der Waals surface area contributed by atoms with E-state index in [9.17, 15) is 19.6 Å². The van der Waals surface area contributed by atoms with Gasteiger partial charge < -0.3 is 19.1 Å². The van der Waals surface area contributed by atoms with Crippen LogP contribution in [0.3, 0.4) is 0 Å². The molecule has 6 rings (SSSR count). The third-order valence-corrected chi connectivity index (χ3v) is 8.37. The van der Waals surface area contributed by atoms with Crippen molar-refractivity contribution >= 4 is 17.1 Å². The van der Waals surface area contributed by atoms with Gasteiger partial charge in [-0.1, -0.05) is 6.07 Å². The average Bonchev–Trinajstić information content (AvgIpc) is 3.71. The van der Waals surface area contributed by atoms with Crippen molar-refractivity contribution < 1.29 is 23.8 Å². The lowest BCUT2D eigenvalue weighted by Crippen LogP contribution is -2.38. The van der Waals surface area contributed by atoms with Gasteiger partial charge in [-0.2, -0.15) is 10.5 Å². The summed E-state index contributed by atoms with van der Waals surface area (Å²) in [5.41, 5.74) is 2.62. The van der Waals surface area contributed by atoms with E-state index < -0.39 is 11.8 Å². The molecule has 0 atom stereocenters. The third-order valence-electron chi connectivity index (χ3n) is 8.37. The molecule has 12 heteroatoms. The predicted octanol–water partition coefficient (Wildman–Crippen LogP) is 4.78. The lowest BCUT2D eigenvalue weighted by atomic mass is 10.0. The van der Waals surface area contributed by atoms with E-state index in [0.717, 1.165) is 56.2 Å². The second-order valence-electron chi connectivity index (χ2n) is 11.8. The highest BCUT2D eigenvalue weighted by Gasteiger charge is 2.43. The van der Waals surface area contributed by atoms with E-state index in [0.29, 0.717) is 42.4 Å². The van der Waals surface area contributed by atoms with Crippen LogP contribution in [0.15, 0.2) is 48.5 Å². The van der Waals surface area contributed by atoms with Crippen molar-refractivity contribution in [3.63, 3.8) is 0 Å². The molecule has 230 valence electrons. The maximum absolute atomic E-state index is 14.2. The molecular formula is C33H32FN7O4. The zero-order valence-electron chi connectivity index (χ0n) is 24.7. The standard InChI is InChI=1S/C33H32FN7O4/c34-26-16-22(18-36)4-7-28(26)44-20-24-2-1-3-30(37-24)45-25-8-14-40(15-9-25)19-29-39-27-6-5-23(17-31(42)43)38-32(27)41(29)21-33(10-11-33)12-13-35/h1-7,16,25H,8-12,14-15,17,19-21H2,(H,42,43). The molecule has 3 aromatic heterocycles. The van der Waals surface area contributed by atoms with Crippen LogP contribution in [-0.2, 0) is 30.9 Å². The molecule has 1 aromatic carbocycles. The van der Waals surface area contributed by atoms with E-state index in [2.05, 4.69) is 25.5 Å². The number of imidazole rings is 1. The molecule has 11 nitrogen and oxygen atoms in total. The molecule has 1 aliphatic carbocycles. The summed E-state index contributed by atoms with van der Waals surface area (Å²) >= 11 is 0. The van der Waals surface area contributed by atoms with E-state index in [1.807, 2.05) is 18.2 Å². The number of hydrogen-bond donors (Lipinski definition) is 1. The summed E-state index contributed by atoms with van der Waals surface area (Å²) in [5.74, 6) is -0.141. The Morgan fingerprint density at radius 3 is 2.60 bits per heavy atom. The highest BCUT2D eigenvalue weighted by Crippen LogP contribution is 2.50. The molecule has 1 saturated heterocycles. The summed E-state index contributed by atoms with van der Waals surface area (Å²) in [7, 11) is 0. The number of fused-ring (bicyclic) bond motifs is 1. The Morgan fingerprint density at radius 1 is 1.07 bits per heavy atom. The van der Waals surface area contributed by atoms with Crippen molar-refractivity contribution in [2.45, 2.75) is 64.3 Å². The number of pyridine rings is 2. The van der Waals surface area contributed by atoms with Crippen LogP contribution in [-0.4, -0.2) is 54.7 Å². The summed E-state index contributed by atoms with van der Waals surface area (Å²) in [6.45, 7) is 2.88. The number of nitriles is 2. The van der Waals surface area contributed by atoms with Crippen molar-refractivity contribution in [1.82, 2.24) is 24.4 Å². The van der Waals surface area contributed by atoms with Crippen molar-refractivity contribution in [2.75, 3.05) is 13.1 Å². The Hall–Kier alpha value is -5.07. The number of likely N-dealkylation sites (tertiary alicyclic amines) is 1. The number of aliphatic carboxylic acids is 1. The van der Waals surface area contributed by atoms with Gasteiger partial charge in [-0.05, 0) is 62.1 Å². The Bertz CT molecular complexity index is 1800. The molecule has 1 aliphatic heterocycles. The van der Waals surface area contributed by atoms with Gasteiger partial charge in [0, 0.05) is 37.5 Å². The number of nitrogens with zero attached hydrogens (tertiary/aromatic N) is 7. The number of piperidine rings is 1. The van der Waals surface area contributed by atoms with Gasteiger partial charge in [0.25, 0.3) is 0 Å². The first-order chi connectivity index (χ1) is 21.8. The molecule has 2 fully saturated rings. The number of ether oxygens (including phenoxy) is 2. The van der Waals surface area contributed by atoms with Crippen molar-refractivity contribution in [3.05, 3.63) is 77.1 Å². The second kappa shape index (κ2) is 12.9. The van der Waals surface area contributed by atoms with Crippen LogP contribution < -0.4 is 9.47 Å². The van der Waals surface area contributed by atoms with Crippen LogP contribution in [0.2, 0.25) is 0 Å². The van der Waals surface area contributed by atoms with E-state index >= 15 is 0 Å². The maximum atomic E-state index is 14.2. The molecule has 4 aromatic rings. The zero-order valence-corrected chi connectivity index (χ0v) is 24.7. The molecule has 0 spiro atoms. The number of hydrogen-bond acceptors (Lipinski definition) is 9. The SMILES string of the molecule is N#CCC1(Cn2c(CN3CCC(Oc4cccc(COc5ccc(C#N)cc5F)n4)CC3)nc3ccc(CC(=O)O)nc32)CC1. The minimum atomic E-state index is -0.935. The quantitative estimate of drug-likeness (QED) is 0.238. The van der Waals surface area contributed by atoms with Crippen molar-refractivity contribution in [1.29, 1.82) is 10.5 Å². The second-order valence-corrected chi connectivity index (χ2v) is 11.8. The topological polar surface area (TPSA) is 150 Å². The van der Waals surface area contributed by atoms with Crippen LogP contribution in [0.1, 0.15) is 54.9 Å². The van der Waals surface area contributed by atoms with Crippen LogP contribution in [0.4, 0.5) is 4.39 Å². The third kappa shape index (κ3) is 7.19. The largest absolute Gasteiger partial charge is 0.484 e. The lowest BCUT2D eigenvalue weighted by Gasteiger charge is -2.31. The summed E-state index contributed by atoms with van der Waals surface area (Å²) < 4.78 is 28.0. The van der Waals surface area contributed by atoms with Gasteiger partial charge in [0.15, 0.2) is 17.2 Å². The molecule has 0 bridgehead atoms. The van der Waals surface area contributed by atoms with Gasteiger partial charge in [-0.25, -0.2) is 19.3 Å². The predicted molar refractivity (Wildman–Crippen MR) is 159 cm³/mol. The number of carboxylic acid groups (broad SMARTS) is 1. The highest BCUT2D eigenvalue weighted by atomic mass is 19.1. The molecule has 1 saturated carbocycles. The van der Waals surface area contributed by atoms with Crippen molar-refractivity contribution in [2.24, 2.45) is 5.41 Å². The Morgan fingerprint density at radius 2 is 1.89 bits per heavy atom. The number of halogens is 1. The molecule has 0 radical (unpaired) electrons. The Labute approximate surface area is 259 Å². The number of benzene rings is 1. The van der Waals surface area contributed by atoms with E-state index in [1.54, 1.807) is 18.2 Å². The fraction of sp³-hybridized carbons (Fsp3) is 0.394. The van der Waals surface area contributed by atoms with Gasteiger partial charge in [0.1, 0.15) is 24.1 Å². The smallest absolute Gasteiger partial charge is 0.309 e. The fourth-order valence-corrected chi connectivity index (χ4v) is 5.70. The monoisotopic (exact) mass is 609 g/mol.